The molecule has 0 amide bonds. The number of fused-ring (bicyclic) bond motifs is 1. The molecule has 1 nitrogen and oxygen atoms in total. The zero-order chi connectivity index (χ0) is 15.1. The van der Waals surface area contributed by atoms with E-state index in [1.165, 1.54) is 29.5 Å². The van der Waals surface area contributed by atoms with Gasteiger partial charge in [-0.3, -0.25) is 0 Å². The molecule has 0 saturated heterocycles. The van der Waals surface area contributed by atoms with Gasteiger partial charge in [0.25, 0.3) is 0 Å². The number of nitrogens with two attached hydrogens (primary N) is 1. The second kappa shape index (κ2) is 5.18. The molecule has 1 atom stereocenters. The number of hydrogen-bond donors (Lipinski definition) is 1. The van der Waals surface area contributed by atoms with Crippen molar-refractivity contribution in [3.63, 3.8) is 0 Å². The van der Waals surface area contributed by atoms with Crippen LogP contribution in [0.5, 0.6) is 0 Å². The molecule has 1 heteroatoms. The summed E-state index contributed by atoms with van der Waals surface area (Å²) >= 11 is 0. The van der Waals surface area contributed by atoms with Gasteiger partial charge in [0.1, 0.15) is 0 Å². The van der Waals surface area contributed by atoms with Gasteiger partial charge in [0, 0.05) is 6.04 Å². The minimum absolute atomic E-state index is 0.168. The van der Waals surface area contributed by atoms with Crippen LogP contribution in [-0.4, -0.2) is 0 Å². The smallest absolute Gasteiger partial charge is 0.0297 e. The van der Waals surface area contributed by atoms with Crippen LogP contribution in [0.2, 0.25) is 0 Å². The van der Waals surface area contributed by atoms with Gasteiger partial charge in [0.05, 0.1) is 0 Å². The largest absolute Gasteiger partial charge is 0.324 e. The van der Waals surface area contributed by atoms with Gasteiger partial charge in [-0.1, -0.05) is 59.7 Å². The summed E-state index contributed by atoms with van der Waals surface area (Å²) in [5.74, 6) is 0.644. The van der Waals surface area contributed by atoms with Crippen LogP contribution in [0.4, 0.5) is 0 Å². The van der Waals surface area contributed by atoms with Crippen LogP contribution < -0.4 is 5.73 Å². The van der Waals surface area contributed by atoms with E-state index in [0.29, 0.717) is 11.3 Å². The minimum Gasteiger partial charge on any atom is -0.324 e. The SMILES string of the molecule is CC(C)CC(N)c1ccc2c(c1)C(C)(C)CCC2(C)C. The highest BCUT2D eigenvalue weighted by Crippen LogP contribution is 2.46. The third kappa shape index (κ3) is 2.93. The van der Waals surface area contributed by atoms with Crippen molar-refractivity contribution in [3.8, 4) is 0 Å². The standard InChI is InChI=1S/C19H31N/c1-13(2)11-17(20)14-7-8-15-16(12-14)19(5,6)10-9-18(15,3)4/h7-8,12-13,17H,9-11,20H2,1-6H3. The van der Waals surface area contributed by atoms with Gasteiger partial charge in [-0.2, -0.15) is 0 Å². The zero-order valence-corrected chi connectivity index (χ0v) is 14.1. The summed E-state index contributed by atoms with van der Waals surface area (Å²) in [7, 11) is 0. The lowest BCUT2D eigenvalue weighted by Crippen LogP contribution is -2.34. The maximum atomic E-state index is 6.39. The topological polar surface area (TPSA) is 26.0 Å². The molecule has 1 aliphatic carbocycles. The number of rotatable bonds is 3. The molecule has 0 bridgehead atoms. The zero-order valence-electron chi connectivity index (χ0n) is 14.1. The van der Waals surface area contributed by atoms with E-state index in [1.54, 1.807) is 0 Å². The third-order valence-electron chi connectivity index (χ3n) is 5.03. The molecule has 2 N–H and O–H groups in total. The molecule has 1 aromatic carbocycles. The first-order valence-electron chi connectivity index (χ1n) is 8.04. The van der Waals surface area contributed by atoms with Crippen LogP contribution >= 0.6 is 0 Å². The summed E-state index contributed by atoms with van der Waals surface area (Å²) in [5.41, 5.74) is 11.3. The van der Waals surface area contributed by atoms with Crippen molar-refractivity contribution in [2.45, 2.75) is 77.7 Å². The van der Waals surface area contributed by atoms with Crippen LogP contribution in [0.15, 0.2) is 18.2 Å². The van der Waals surface area contributed by atoms with Crippen molar-refractivity contribution >= 4 is 0 Å². The van der Waals surface area contributed by atoms with Gasteiger partial charge in [-0.25, -0.2) is 0 Å². The predicted octanol–water partition coefficient (Wildman–Crippen LogP) is 5.08. The average molecular weight is 273 g/mol. The molecule has 1 aliphatic rings. The maximum Gasteiger partial charge on any atom is 0.0297 e. The van der Waals surface area contributed by atoms with E-state index in [9.17, 15) is 0 Å². The third-order valence-corrected chi connectivity index (χ3v) is 5.03. The van der Waals surface area contributed by atoms with E-state index < -0.39 is 0 Å². The Labute approximate surface area is 125 Å². The fourth-order valence-corrected chi connectivity index (χ4v) is 3.48. The van der Waals surface area contributed by atoms with Gasteiger partial charge in [0.15, 0.2) is 0 Å². The van der Waals surface area contributed by atoms with Gasteiger partial charge in [-0.05, 0) is 52.7 Å². The lowest BCUT2D eigenvalue weighted by molar-refractivity contribution is 0.331. The Morgan fingerprint density at radius 1 is 1.00 bits per heavy atom. The molecular formula is C19H31N. The minimum atomic E-state index is 0.168. The Hall–Kier alpha value is -0.820. The number of hydrogen-bond acceptors (Lipinski definition) is 1. The Morgan fingerprint density at radius 2 is 1.55 bits per heavy atom. The molecule has 0 heterocycles. The molecule has 1 unspecified atom stereocenters. The number of benzene rings is 1. The first-order valence-corrected chi connectivity index (χ1v) is 8.04. The van der Waals surface area contributed by atoms with E-state index in [0.717, 1.165) is 6.42 Å². The van der Waals surface area contributed by atoms with E-state index >= 15 is 0 Å². The second-order valence-corrected chi connectivity index (χ2v) is 8.31. The molecule has 1 aromatic rings. The van der Waals surface area contributed by atoms with Gasteiger partial charge < -0.3 is 5.73 Å². The van der Waals surface area contributed by atoms with Crippen molar-refractivity contribution in [3.05, 3.63) is 34.9 Å². The van der Waals surface area contributed by atoms with Crippen LogP contribution in [0.25, 0.3) is 0 Å². The summed E-state index contributed by atoms with van der Waals surface area (Å²) in [6, 6.07) is 7.16. The Kier molecular flexibility index (Phi) is 4.03. The van der Waals surface area contributed by atoms with E-state index in [1.807, 2.05) is 0 Å². The highest BCUT2D eigenvalue weighted by atomic mass is 14.6. The van der Waals surface area contributed by atoms with Gasteiger partial charge in [-0.15, -0.1) is 0 Å². The molecule has 0 radical (unpaired) electrons. The molecule has 112 valence electrons. The van der Waals surface area contributed by atoms with Gasteiger partial charge >= 0.3 is 0 Å². The van der Waals surface area contributed by atoms with E-state index in [-0.39, 0.29) is 11.5 Å². The monoisotopic (exact) mass is 273 g/mol. The van der Waals surface area contributed by atoms with Crippen molar-refractivity contribution in [2.24, 2.45) is 11.7 Å². The van der Waals surface area contributed by atoms with Crippen LogP contribution in [-0.2, 0) is 10.8 Å². The van der Waals surface area contributed by atoms with Crippen molar-refractivity contribution in [2.75, 3.05) is 0 Å². The fourth-order valence-electron chi connectivity index (χ4n) is 3.48. The first-order chi connectivity index (χ1) is 9.13. The molecule has 0 saturated carbocycles. The summed E-state index contributed by atoms with van der Waals surface area (Å²) in [6.07, 6.45) is 3.59. The van der Waals surface area contributed by atoms with Crippen LogP contribution in [0, 0.1) is 5.92 Å². The molecule has 0 fully saturated rings. The van der Waals surface area contributed by atoms with Crippen molar-refractivity contribution < 1.29 is 0 Å². The highest BCUT2D eigenvalue weighted by molar-refractivity contribution is 5.44. The molecule has 0 aliphatic heterocycles. The van der Waals surface area contributed by atoms with E-state index in [4.69, 9.17) is 5.73 Å². The second-order valence-electron chi connectivity index (χ2n) is 8.31. The summed E-state index contributed by atoms with van der Waals surface area (Å²) in [5, 5.41) is 0. The normalized spacial score (nSPS) is 21.6. The average Bonchev–Trinajstić information content (AvgIpc) is 2.34. The van der Waals surface area contributed by atoms with Crippen molar-refractivity contribution in [1.82, 2.24) is 0 Å². The molecular weight excluding hydrogens is 242 g/mol. The summed E-state index contributed by atoms with van der Waals surface area (Å²) < 4.78 is 0. The lowest BCUT2D eigenvalue weighted by atomic mass is 9.63. The molecule has 2 rings (SSSR count). The van der Waals surface area contributed by atoms with Crippen LogP contribution in [0.3, 0.4) is 0 Å². The Bertz CT molecular complexity index is 483. The summed E-state index contributed by atoms with van der Waals surface area (Å²) in [4.78, 5) is 0. The molecule has 0 aromatic heterocycles. The van der Waals surface area contributed by atoms with Crippen LogP contribution in [0.1, 0.15) is 83.5 Å². The van der Waals surface area contributed by atoms with Gasteiger partial charge in [0.2, 0.25) is 0 Å². The molecule has 0 spiro atoms. The lowest BCUT2D eigenvalue weighted by Gasteiger charge is -2.42. The maximum absolute atomic E-state index is 6.39. The Balaban J connectivity index is 2.43. The predicted molar refractivity (Wildman–Crippen MR) is 88.1 cm³/mol. The quantitative estimate of drug-likeness (QED) is 0.816. The van der Waals surface area contributed by atoms with Crippen molar-refractivity contribution in [1.29, 1.82) is 0 Å². The highest BCUT2D eigenvalue weighted by Gasteiger charge is 2.37. The first kappa shape index (κ1) is 15.6. The fraction of sp³-hybridized carbons (Fsp3) is 0.684. The Morgan fingerprint density at radius 3 is 2.10 bits per heavy atom. The van der Waals surface area contributed by atoms with E-state index in [2.05, 4.69) is 59.7 Å². The molecule has 20 heavy (non-hydrogen) atoms. The summed E-state index contributed by atoms with van der Waals surface area (Å²) in [6.45, 7) is 14.0.